The molecule has 0 unspecified atom stereocenters. The lowest BCUT2D eigenvalue weighted by Crippen LogP contribution is -2.17. The van der Waals surface area contributed by atoms with Gasteiger partial charge in [0.05, 0.1) is 19.5 Å². The van der Waals surface area contributed by atoms with Crippen LogP contribution in [-0.4, -0.2) is 45.5 Å². The maximum Gasteiger partial charge on any atom is 0.261 e. The van der Waals surface area contributed by atoms with Crippen molar-refractivity contribution in [3.63, 3.8) is 0 Å². The van der Waals surface area contributed by atoms with E-state index in [1.165, 1.54) is 96.9 Å². The van der Waals surface area contributed by atoms with Crippen LogP contribution in [0.25, 0.3) is 21.5 Å². The van der Waals surface area contributed by atoms with Gasteiger partial charge in [0.25, 0.3) is 10.1 Å². The molecule has 4 aromatic carbocycles. The minimum Gasteiger partial charge on any atom is -0.493 e. The molecule has 0 spiro atoms. The summed E-state index contributed by atoms with van der Waals surface area (Å²) in [6, 6.07) is 26.0. The highest BCUT2D eigenvalue weighted by Crippen LogP contribution is 2.30. The summed E-state index contributed by atoms with van der Waals surface area (Å²) < 4.78 is 38.4. The van der Waals surface area contributed by atoms with Gasteiger partial charge < -0.3 is 20.1 Å². The molecule has 0 fully saturated rings. The molecule has 3 N–H and O–H groups in total. The molecular formula is C41H60N2O5S. The Balaban J connectivity index is 0.00000121. The van der Waals surface area contributed by atoms with E-state index in [9.17, 15) is 8.42 Å². The summed E-state index contributed by atoms with van der Waals surface area (Å²) in [4.78, 5) is 0. The summed E-state index contributed by atoms with van der Waals surface area (Å²) in [6.45, 7) is 9.85. The molecule has 0 heterocycles. The molecule has 0 radical (unpaired) electrons. The predicted octanol–water partition coefficient (Wildman–Crippen LogP) is 9.86. The monoisotopic (exact) mass is 692 g/mol. The van der Waals surface area contributed by atoms with E-state index >= 15 is 0 Å². The van der Waals surface area contributed by atoms with Crippen molar-refractivity contribution in [1.29, 1.82) is 0 Å². The van der Waals surface area contributed by atoms with Crippen LogP contribution in [0.15, 0.2) is 72.8 Å². The number of unbranched alkanes of at least 4 members (excludes halogenated alkanes) is 9. The minimum atomic E-state index is -3.67. The Morgan fingerprint density at radius 3 is 1.35 bits per heavy atom. The Morgan fingerprint density at radius 2 is 0.939 bits per heavy atom. The molecule has 270 valence electrons. The Morgan fingerprint density at radius 1 is 0.551 bits per heavy atom. The first-order valence-electron chi connectivity index (χ1n) is 18.4. The first-order valence-corrected chi connectivity index (χ1v) is 20.3. The SMILES string of the molecule is CCCCCCOc1ccc2ccccc2c1CNCCCCCCNCc1c(OCCCCCC)ccc2ccccc12.CS(=O)(=O)O. The quantitative estimate of drug-likeness (QED) is 0.0526. The van der Waals surface area contributed by atoms with Crippen molar-refractivity contribution in [2.24, 2.45) is 0 Å². The van der Waals surface area contributed by atoms with Crippen LogP contribution in [0.3, 0.4) is 0 Å². The van der Waals surface area contributed by atoms with Gasteiger partial charge in [0, 0.05) is 24.2 Å². The van der Waals surface area contributed by atoms with E-state index in [4.69, 9.17) is 14.0 Å². The standard InChI is InChI=1S/C40H56N2O2.CH4O3S/c1-3-5-7-17-29-43-39-25-23-33-19-11-13-21-35(33)37(39)31-41-27-15-9-10-16-28-42-32-38-36-22-14-12-20-34(36)24-26-40(38)44-30-18-8-6-4-2;1-5(2,3)4/h11-14,19-26,41-42H,3-10,15-18,27-32H2,1-2H3;1H3,(H,2,3,4). The summed E-state index contributed by atoms with van der Waals surface area (Å²) in [6.07, 6.45) is 15.4. The summed E-state index contributed by atoms with van der Waals surface area (Å²) >= 11 is 0. The molecule has 0 saturated heterocycles. The molecule has 0 aliphatic heterocycles. The fraction of sp³-hybridized carbons (Fsp3) is 0.512. The van der Waals surface area contributed by atoms with Crippen LogP contribution in [0.5, 0.6) is 11.5 Å². The highest BCUT2D eigenvalue weighted by atomic mass is 32.2. The van der Waals surface area contributed by atoms with Crippen molar-refractivity contribution in [2.45, 2.75) is 104 Å². The Labute approximate surface area is 295 Å². The van der Waals surface area contributed by atoms with Gasteiger partial charge in [0.1, 0.15) is 11.5 Å². The first-order chi connectivity index (χ1) is 23.8. The summed E-state index contributed by atoms with van der Waals surface area (Å²) in [5.74, 6) is 2.07. The molecule has 7 nitrogen and oxygen atoms in total. The van der Waals surface area contributed by atoms with Crippen LogP contribution >= 0.6 is 0 Å². The Kier molecular flexibility index (Phi) is 19.1. The topological polar surface area (TPSA) is 96.9 Å². The Hall–Kier alpha value is -3.17. The molecule has 0 amide bonds. The molecular weight excluding hydrogens is 633 g/mol. The molecule has 8 heteroatoms. The number of fused-ring (bicyclic) bond motifs is 2. The molecule has 0 aromatic heterocycles. The zero-order chi connectivity index (χ0) is 35.2. The van der Waals surface area contributed by atoms with Gasteiger partial charge >= 0.3 is 0 Å². The number of nitrogens with one attached hydrogen (secondary N) is 2. The lowest BCUT2D eigenvalue weighted by atomic mass is 10.0. The smallest absolute Gasteiger partial charge is 0.261 e. The van der Waals surface area contributed by atoms with Crippen molar-refractivity contribution in [1.82, 2.24) is 10.6 Å². The largest absolute Gasteiger partial charge is 0.493 e. The number of benzene rings is 4. The second-order valence-corrected chi connectivity index (χ2v) is 14.3. The van der Waals surface area contributed by atoms with Gasteiger partial charge in [0.2, 0.25) is 0 Å². The maximum atomic E-state index is 9.19. The fourth-order valence-corrected chi connectivity index (χ4v) is 5.97. The van der Waals surface area contributed by atoms with Crippen molar-refractivity contribution in [2.75, 3.05) is 32.6 Å². The molecule has 0 aliphatic rings. The van der Waals surface area contributed by atoms with Crippen LogP contribution in [0, 0.1) is 0 Å². The van der Waals surface area contributed by atoms with E-state index < -0.39 is 10.1 Å². The highest BCUT2D eigenvalue weighted by Gasteiger charge is 2.10. The summed E-state index contributed by atoms with van der Waals surface area (Å²) in [7, 11) is -3.67. The Bertz CT molecular complexity index is 1500. The molecule has 4 rings (SSSR count). The lowest BCUT2D eigenvalue weighted by molar-refractivity contribution is 0.301. The molecule has 0 aliphatic carbocycles. The predicted molar refractivity (Wildman–Crippen MR) is 207 cm³/mol. The highest BCUT2D eigenvalue weighted by molar-refractivity contribution is 7.85. The third-order valence-corrected chi connectivity index (χ3v) is 8.57. The second-order valence-electron chi connectivity index (χ2n) is 12.8. The van der Waals surface area contributed by atoms with E-state index in [0.29, 0.717) is 6.26 Å². The minimum absolute atomic E-state index is 0.715. The van der Waals surface area contributed by atoms with Gasteiger partial charge in [-0.25, -0.2) is 0 Å². The second kappa shape index (κ2) is 23.3. The third kappa shape index (κ3) is 15.9. The number of hydrogen-bond donors (Lipinski definition) is 3. The van der Waals surface area contributed by atoms with Crippen LogP contribution in [0.2, 0.25) is 0 Å². The summed E-state index contributed by atoms with van der Waals surface area (Å²) in [5, 5.41) is 12.6. The van der Waals surface area contributed by atoms with E-state index in [2.05, 4.69) is 97.3 Å². The normalized spacial score (nSPS) is 11.4. The van der Waals surface area contributed by atoms with Gasteiger partial charge in [-0.1, -0.05) is 126 Å². The number of hydrogen-bond acceptors (Lipinski definition) is 6. The van der Waals surface area contributed by atoms with Gasteiger partial charge in [0.15, 0.2) is 0 Å². The lowest BCUT2D eigenvalue weighted by Gasteiger charge is -2.15. The van der Waals surface area contributed by atoms with Gasteiger partial charge in [-0.15, -0.1) is 0 Å². The number of ether oxygens (including phenoxy) is 2. The van der Waals surface area contributed by atoms with Crippen molar-refractivity contribution in [3.05, 3.63) is 83.9 Å². The van der Waals surface area contributed by atoms with Crippen LogP contribution in [0.4, 0.5) is 0 Å². The zero-order valence-corrected chi connectivity index (χ0v) is 31.0. The van der Waals surface area contributed by atoms with E-state index in [-0.39, 0.29) is 0 Å². The van der Waals surface area contributed by atoms with Gasteiger partial charge in [-0.2, -0.15) is 8.42 Å². The molecule has 0 saturated carbocycles. The van der Waals surface area contributed by atoms with E-state index in [1.54, 1.807) is 0 Å². The fourth-order valence-electron chi connectivity index (χ4n) is 5.97. The van der Waals surface area contributed by atoms with Crippen LogP contribution in [-0.2, 0) is 23.2 Å². The zero-order valence-electron chi connectivity index (χ0n) is 30.1. The molecule has 49 heavy (non-hydrogen) atoms. The number of rotatable bonds is 23. The van der Waals surface area contributed by atoms with Crippen molar-refractivity contribution < 1.29 is 22.4 Å². The van der Waals surface area contributed by atoms with E-state index in [1.807, 2.05) is 0 Å². The molecule has 4 aromatic rings. The maximum absolute atomic E-state index is 9.19. The third-order valence-electron chi connectivity index (χ3n) is 8.57. The first kappa shape index (κ1) is 40.3. The van der Waals surface area contributed by atoms with Crippen LogP contribution < -0.4 is 20.1 Å². The summed E-state index contributed by atoms with van der Waals surface area (Å²) in [5.41, 5.74) is 2.58. The average Bonchev–Trinajstić information content (AvgIpc) is 3.09. The van der Waals surface area contributed by atoms with Crippen LogP contribution in [0.1, 0.15) is 102 Å². The van der Waals surface area contributed by atoms with Gasteiger partial charge in [-0.05, 0) is 72.5 Å². The van der Waals surface area contributed by atoms with E-state index in [0.717, 1.165) is 63.7 Å². The molecule has 0 atom stereocenters. The van der Waals surface area contributed by atoms with Crippen molar-refractivity contribution >= 4 is 31.7 Å². The average molecular weight is 693 g/mol. The van der Waals surface area contributed by atoms with Crippen molar-refractivity contribution in [3.8, 4) is 11.5 Å². The molecule has 0 bridgehead atoms. The van der Waals surface area contributed by atoms with Gasteiger partial charge in [-0.3, -0.25) is 4.55 Å².